The molecular formula is C74H147NO5. The topological polar surface area (TPSA) is 95.9 Å². The highest BCUT2D eigenvalue weighted by atomic mass is 16.5. The fourth-order valence-electron chi connectivity index (χ4n) is 12.2. The number of nitrogens with one attached hydrogen (secondary N) is 1. The van der Waals surface area contributed by atoms with Gasteiger partial charge in [0.1, 0.15) is 0 Å². The molecule has 1 amide bonds. The van der Waals surface area contributed by atoms with Crippen LogP contribution in [0.4, 0.5) is 0 Å². The van der Waals surface area contributed by atoms with Gasteiger partial charge in [-0.3, -0.25) is 9.59 Å². The second-order valence-electron chi connectivity index (χ2n) is 26.0. The van der Waals surface area contributed by atoms with Crippen LogP contribution in [0, 0.1) is 0 Å². The zero-order valence-corrected chi connectivity index (χ0v) is 54.9. The quantitative estimate of drug-likeness (QED) is 0.0417. The van der Waals surface area contributed by atoms with E-state index in [-0.39, 0.29) is 18.5 Å². The number of amides is 1. The van der Waals surface area contributed by atoms with E-state index in [1.54, 1.807) is 0 Å². The highest BCUT2D eigenvalue weighted by Gasteiger charge is 2.20. The molecule has 2 atom stereocenters. The normalized spacial score (nSPS) is 12.4. The number of hydrogen-bond donors (Lipinski definition) is 3. The minimum atomic E-state index is -0.661. The van der Waals surface area contributed by atoms with Crippen molar-refractivity contribution >= 4 is 11.9 Å². The fraction of sp³-hybridized carbons (Fsp3) is 0.973. The van der Waals surface area contributed by atoms with Crippen LogP contribution in [0.15, 0.2) is 0 Å². The third-order valence-electron chi connectivity index (χ3n) is 17.9. The molecule has 0 saturated heterocycles. The maximum absolute atomic E-state index is 12.6. The molecule has 0 saturated carbocycles. The highest BCUT2D eigenvalue weighted by molar-refractivity contribution is 5.76. The molecule has 0 aromatic heterocycles. The van der Waals surface area contributed by atoms with Gasteiger partial charge in [0.15, 0.2) is 0 Å². The van der Waals surface area contributed by atoms with Crippen molar-refractivity contribution in [1.82, 2.24) is 5.32 Å². The van der Waals surface area contributed by atoms with Gasteiger partial charge in [0.2, 0.25) is 5.91 Å². The largest absolute Gasteiger partial charge is 0.466 e. The standard InChI is InChI=1S/C74H147NO5/c1-3-5-7-9-11-13-15-16-17-18-19-31-34-37-40-43-47-50-54-58-62-66-72(77)71(70-76)75-73(78)67-63-59-55-51-48-44-41-38-35-32-29-27-25-23-21-20-22-24-26-28-30-33-36-39-42-45-49-53-57-61-65-69-80-74(79)68-64-60-56-52-46-14-12-10-8-6-4-2/h71-72,76-77H,3-70H2,1-2H3,(H,75,78). The Bertz CT molecular complexity index is 1160. The van der Waals surface area contributed by atoms with Gasteiger partial charge in [-0.1, -0.05) is 399 Å². The first-order valence-electron chi connectivity index (χ1n) is 37.3. The van der Waals surface area contributed by atoms with Crippen LogP contribution < -0.4 is 5.32 Å². The van der Waals surface area contributed by atoms with E-state index >= 15 is 0 Å². The summed E-state index contributed by atoms with van der Waals surface area (Å²) in [5.74, 6) is -0.00334. The van der Waals surface area contributed by atoms with Gasteiger partial charge in [0, 0.05) is 12.8 Å². The molecule has 6 nitrogen and oxygen atoms in total. The van der Waals surface area contributed by atoms with E-state index in [1.165, 1.54) is 366 Å². The molecule has 80 heavy (non-hydrogen) atoms. The minimum absolute atomic E-state index is 0.0216. The SMILES string of the molecule is CCCCCCCCCCCCCCCCCCCCCCCC(O)C(CO)NC(=O)CCCCCCCCCCCCCCCCCCCCCCCCCCCCCCCCCOC(=O)CCCCCCCCCCCCC. The average Bonchev–Trinajstić information content (AvgIpc) is 3.46. The van der Waals surface area contributed by atoms with Gasteiger partial charge < -0.3 is 20.3 Å². The molecule has 0 rings (SSSR count). The molecule has 0 fully saturated rings. The maximum atomic E-state index is 12.6. The van der Waals surface area contributed by atoms with Gasteiger partial charge in [-0.2, -0.15) is 0 Å². The van der Waals surface area contributed by atoms with Gasteiger partial charge in [-0.15, -0.1) is 0 Å². The van der Waals surface area contributed by atoms with E-state index in [2.05, 4.69) is 19.2 Å². The van der Waals surface area contributed by atoms with Gasteiger partial charge in [-0.25, -0.2) is 0 Å². The predicted octanol–water partition coefficient (Wildman–Crippen LogP) is 24.2. The number of ether oxygens (including phenoxy) is 1. The molecule has 0 aliphatic carbocycles. The zero-order chi connectivity index (χ0) is 57.8. The lowest BCUT2D eigenvalue weighted by atomic mass is 10.0. The summed E-state index contributed by atoms with van der Waals surface area (Å²) < 4.78 is 5.48. The highest BCUT2D eigenvalue weighted by Crippen LogP contribution is 2.20. The third-order valence-corrected chi connectivity index (χ3v) is 17.9. The molecule has 2 unspecified atom stereocenters. The first-order chi connectivity index (χ1) is 39.5. The number of rotatable bonds is 71. The number of carbonyl (C=O) groups excluding carboxylic acids is 2. The van der Waals surface area contributed by atoms with Crippen LogP contribution in [0.3, 0.4) is 0 Å². The van der Waals surface area contributed by atoms with Crippen LogP contribution in [0.25, 0.3) is 0 Å². The molecule has 0 radical (unpaired) electrons. The first-order valence-corrected chi connectivity index (χ1v) is 37.3. The van der Waals surface area contributed by atoms with Crippen molar-refractivity contribution < 1.29 is 24.5 Å². The summed E-state index contributed by atoms with van der Waals surface area (Å²) in [6, 6.07) is -0.538. The molecule has 478 valence electrons. The molecule has 0 bridgehead atoms. The molecule has 0 aromatic carbocycles. The summed E-state index contributed by atoms with van der Waals surface area (Å²) in [5, 5.41) is 23.4. The maximum Gasteiger partial charge on any atom is 0.305 e. The summed E-state index contributed by atoms with van der Waals surface area (Å²) in [4.78, 5) is 24.6. The number of esters is 1. The smallest absolute Gasteiger partial charge is 0.305 e. The molecule has 0 aliphatic heterocycles. The summed E-state index contributed by atoms with van der Waals surface area (Å²) >= 11 is 0. The van der Waals surface area contributed by atoms with Crippen molar-refractivity contribution in [2.45, 2.75) is 450 Å². The predicted molar refractivity (Wildman–Crippen MR) is 352 cm³/mol. The number of aliphatic hydroxyl groups excluding tert-OH is 2. The Labute approximate surface area is 502 Å². The first kappa shape index (κ1) is 78.9. The Morgan fingerprint density at radius 3 is 0.762 bits per heavy atom. The lowest BCUT2D eigenvalue weighted by Crippen LogP contribution is -2.45. The van der Waals surface area contributed by atoms with Crippen molar-refractivity contribution in [3.05, 3.63) is 0 Å². The van der Waals surface area contributed by atoms with Crippen molar-refractivity contribution in [1.29, 1.82) is 0 Å². The van der Waals surface area contributed by atoms with E-state index < -0.39 is 12.1 Å². The minimum Gasteiger partial charge on any atom is -0.466 e. The molecule has 3 N–H and O–H groups in total. The Hall–Kier alpha value is -1.14. The number of unbranched alkanes of at least 4 members (excludes halogenated alkanes) is 60. The van der Waals surface area contributed by atoms with Crippen molar-refractivity contribution in [2.75, 3.05) is 13.2 Å². The van der Waals surface area contributed by atoms with E-state index in [1.807, 2.05) is 0 Å². The Morgan fingerprint density at radius 2 is 0.512 bits per heavy atom. The number of carbonyl (C=O) groups is 2. The average molecular weight is 1130 g/mol. The van der Waals surface area contributed by atoms with Gasteiger partial charge in [0.25, 0.3) is 0 Å². The number of hydrogen-bond acceptors (Lipinski definition) is 5. The zero-order valence-electron chi connectivity index (χ0n) is 54.9. The molecule has 0 aliphatic rings. The fourth-order valence-corrected chi connectivity index (χ4v) is 12.2. The third kappa shape index (κ3) is 66.0. The Kier molecular flexibility index (Phi) is 69.3. The van der Waals surface area contributed by atoms with Gasteiger partial charge in [-0.05, 0) is 25.7 Å². The van der Waals surface area contributed by atoms with Crippen LogP contribution in [0.1, 0.15) is 438 Å². The van der Waals surface area contributed by atoms with Gasteiger partial charge >= 0.3 is 5.97 Å². The summed E-state index contributed by atoms with van der Waals surface area (Å²) in [5.41, 5.74) is 0. The van der Waals surface area contributed by atoms with Gasteiger partial charge in [0.05, 0.1) is 25.4 Å². The molecule has 6 heteroatoms. The van der Waals surface area contributed by atoms with Crippen LogP contribution in [-0.4, -0.2) is 47.4 Å². The van der Waals surface area contributed by atoms with Crippen LogP contribution >= 0.6 is 0 Å². The monoisotopic (exact) mass is 1130 g/mol. The summed E-state index contributed by atoms with van der Waals surface area (Å²) in [7, 11) is 0. The lowest BCUT2D eigenvalue weighted by Gasteiger charge is -2.22. The molecule has 0 spiro atoms. The van der Waals surface area contributed by atoms with Crippen LogP contribution in [0.2, 0.25) is 0 Å². The number of aliphatic hydroxyl groups is 2. The Balaban J connectivity index is 3.33. The van der Waals surface area contributed by atoms with Crippen molar-refractivity contribution in [3.8, 4) is 0 Å². The second kappa shape index (κ2) is 70.3. The molecular weight excluding hydrogens is 983 g/mol. The lowest BCUT2D eigenvalue weighted by molar-refractivity contribution is -0.143. The van der Waals surface area contributed by atoms with Crippen LogP contribution in [-0.2, 0) is 14.3 Å². The summed E-state index contributed by atoms with van der Waals surface area (Å²) in [6.07, 6.45) is 86.0. The van der Waals surface area contributed by atoms with Crippen LogP contribution in [0.5, 0.6) is 0 Å². The van der Waals surface area contributed by atoms with Crippen molar-refractivity contribution in [2.24, 2.45) is 0 Å². The van der Waals surface area contributed by atoms with E-state index in [4.69, 9.17) is 4.74 Å². The summed E-state index contributed by atoms with van der Waals surface area (Å²) in [6.45, 7) is 5.00. The van der Waals surface area contributed by atoms with E-state index in [9.17, 15) is 19.8 Å². The van der Waals surface area contributed by atoms with Crippen molar-refractivity contribution in [3.63, 3.8) is 0 Å². The van der Waals surface area contributed by atoms with E-state index in [0.717, 1.165) is 38.5 Å². The van der Waals surface area contributed by atoms with E-state index in [0.29, 0.717) is 25.9 Å². The molecule has 0 heterocycles. The Morgan fingerprint density at radius 1 is 0.300 bits per heavy atom. The molecule has 0 aromatic rings. The second-order valence-corrected chi connectivity index (χ2v) is 26.0.